The largest absolute Gasteiger partial charge is 0.416 e. The summed E-state index contributed by atoms with van der Waals surface area (Å²) in [4.78, 5) is 0. The van der Waals surface area contributed by atoms with E-state index in [1.54, 1.807) is 12.1 Å². The van der Waals surface area contributed by atoms with Crippen molar-refractivity contribution in [3.63, 3.8) is 0 Å². The number of anilines is 1. The fraction of sp³-hybridized carbons (Fsp3) is 0.158. The van der Waals surface area contributed by atoms with E-state index in [9.17, 15) is 13.2 Å². The average molecular weight is 313 g/mol. The van der Waals surface area contributed by atoms with Gasteiger partial charge in [-0.3, -0.25) is 0 Å². The summed E-state index contributed by atoms with van der Waals surface area (Å²) < 4.78 is 38.0. The Labute approximate surface area is 131 Å². The van der Waals surface area contributed by atoms with Crippen LogP contribution >= 0.6 is 0 Å². The summed E-state index contributed by atoms with van der Waals surface area (Å²) in [7, 11) is 0. The van der Waals surface area contributed by atoms with Crippen LogP contribution in [-0.4, -0.2) is 0 Å². The molecule has 0 bridgehead atoms. The number of halogens is 3. The Morgan fingerprint density at radius 1 is 0.870 bits per heavy atom. The van der Waals surface area contributed by atoms with Gasteiger partial charge in [-0.2, -0.15) is 13.2 Å². The lowest BCUT2D eigenvalue weighted by Crippen LogP contribution is -2.08. The molecule has 1 nitrogen and oxygen atoms in total. The minimum absolute atomic E-state index is 0.0177. The van der Waals surface area contributed by atoms with Crippen LogP contribution in [0.5, 0.6) is 0 Å². The van der Waals surface area contributed by atoms with Gasteiger partial charge in [0.1, 0.15) is 0 Å². The third-order valence-corrected chi connectivity index (χ3v) is 4.37. The molecule has 1 atom stereocenters. The zero-order valence-corrected chi connectivity index (χ0v) is 12.2. The first-order valence-corrected chi connectivity index (χ1v) is 7.46. The molecule has 1 N–H and O–H groups in total. The molecule has 1 unspecified atom stereocenters. The molecule has 4 rings (SSSR count). The van der Waals surface area contributed by atoms with Gasteiger partial charge in [0.05, 0.1) is 11.6 Å². The number of rotatable bonds is 1. The number of fused-ring (bicyclic) bond motifs is 2. The molecule has 1 aliphatic rings. The van der Waals surface area contributed by atoms with E-state index < -0.39 is 11.7 Å². The normalized spacial score (nSPS) is 17.1. The van der Waals surface area contributed by atoms with Gasteiger partial charge in [-0.1, -0.05) is 36.4 Å². The molecule has 1 heterocycles. The Kier molecular flexibility index (Phi) is 3.08. The van der Waals surface area contributed by atoms with Crippen molar-refractivity contribution in [1.82, 2.24) is 0 Å². The third-order valence-electron chi connectivity index (χ3n) is 4.37. The van der Waals surface area contributed by atoms with E-state index in [0.29, 0.717) is 0 Å². The van der Waals surface area contributed by atoms with Gasteiger partial charge in [0.25, 0.3) is 0 Å². The summed E-state index contributed by atoms with van der Waals surface area (Å²) >= 11 is 0. The zero-order chi connectivity index (χ0) is 16.0. The van der Waals surface area contributed by atoms with Crippen molar-refractivity contribution in [2.24, 2.45) is 0 Å². The number of alkyl halides is 3. The molecular weight excluding hydrogens is 299 g/mol. The zero-order valence-electron chi connectivity index (χ0n) is 12.2. The summed E-state index contributed by atoms with van der Waals surface area (Å²) in [6, 6.07) is 17.8. The third kappa shape index (κ3) is 2.54. The van der Waals surface area contributed by atoms with E-state index in [1.165, 1.54) is 10.9 Å². The lowest BCUT2D eigenvalue weighted by molar-refractivity contribution is -0.137. The van der Waals surface area contributed by atoms with Crippen LogP contribution in [0.4, 0.5) is 18.9 Å². The van der Waals surface area contributed by atoms with Gasteiger partial charge in [0.2, 0.25) is 0 Å². The molecule has 116 valence electrons. The van der Waals surface area contributed by atoms with Crippen LogP contribution in [-0.2, 0) is 12.6 Å². The predicted octanol–water partition coefficient (Wildman–Crippen LogP) is 5.57. The standard InChI is InChI=1S/C19H14F3N/c20-19(21,22)16-7-5-12(6-8-16)17-11-15-9-13-3-1-2-4-14(13)10-18(15)23-17/h1-10,17,23H,11H2. The second-order valence-electron chi connectivity index (χ2n) is 5.88. The number of hydrogen-bond acceptors (Lipinski definition) is 1. The average Bonchev–Trinajstić information content (AvgIpc) is 2.94. The smallest absolute Gasteiger partial charge is 0.378 e. The minimum atomic E-state index is -4.29. The number of benzene rings is 3. The molecule has 0 fully saturated rings. The fourth-order valence-corrected chi connectivity index (χ4v) is 3.15. The van der Waals surface area contributed by atoms with Gasteiger partial charge in [-0.25, -0.2) is 0 Å². The highest BCUT2D eigenvalue weighted by Crippen LogP contribution is 2.37. The molecule has 3 aromatic carbocycles. The van der Waals surface area contributed by atoms with Crippen molar-refractivity contribution in [1.29, 1.82) is 0 Å². The summed E-state index contributed by atoms with van der Waals surface area (Å²) in [5.41, 5.74) is 2.53. The van der Waals surface area contributed by atoms with E-state index in [0.717, 1.165) is 35.2 Å². The quantitative estimate of drug-likeness (QED) is 0.619. The molecule has 0 aromatic heterocycles. The van der Waals surface area contributed by atoms with Gasteiger partial charge in [0.15, 0.2) is 0 Å². The van der Waals surface area contributed by atoms with Crippen molar-refractivity contribution < 1.29 is 13.2 Å². The van der Waals surface area contributed by atoms with Crippen LogP contribution in [0, 0.1) is 0 Å². The van der Waals surface area contributed by atoms with E-state index in [1.807, 2.05) is 12.1 Å². The van der Waals surface area contributed by atoms with Crippen LogP contribution in [0.15, 0.2) is 60.7 Å². The lowest BCUT2D eigenvalue weighted by atomic mass is 10.00. The molecule has 23 heavy (non-hydrogen) atoms. The first-order chi connectivity index (χ1) is 11.0. The monoisotopic (exact) mass is 313 g/mol. The van der Waals surface area contributed by atoms with E-state index >= 15 is 0 Å². The Bertz CT molecular complexity index is 821. The second kappa shape index (κ2) is 5.01. The Morgan fingerprint density at radius 3 is 2.17 bits per heavy atom. The highest BCUT2D eigenvalue weighted by atomic mass is 19.4. The van der Waals surface area contributed by atoms with Crippen LogP contribution in [0.25, 0.3) is 10.8 Å². The van der Waals surface area contributed by atoms with Crippen LogP contribution in [0.1, 0.15) is 22.7 Å². The van der Waals surface area contributed by atoms with Gasteiger partial charge in [-0.05, 0) is 52.6 Å². The van der Waals surface area contributed by atoms with E-state index in [2.05, 4.69) is 29.6 Å². The topological polar surface area (TPSA) is 12.0 Å². The molecule has 0 radical (unpaired) electrons. The van der Waals surface area contributed by atoms with Crippen molar-refractivity contribution >= 4 is 16.5 Å². The summed E-state index contributed by atoms with van der Waals surface area (Å²) in [5, 5.41) is 5.76. The number of nitrogens with one attached hydrogen (secondary N) is 1. The van der Waals surface area contributed by atoms with E-state index in [4.69, 9.17) is 0 Å². The minimum Gasteiger partial charge on any atom is -0.378 e. The van der Waals surface area contributed by atoms with E-state index in [-0.39, 0.29) is 6.04 Å². The van der Waals surface area contributed by atoms with Gasteiger partial charge in [0, 0.05) is 5.69 Å². The molecule has 0 saturated heterocycles. The Hall–Kier alpha value is -2.49. The molecule has 0 aliphatic carbocycles. The summed E-state index contributed by atoms with van der Waals surface area (Å²) in [6.07, 6.45) is -3.51. The Balaban J connectivity index is 1.63. The first kappa shape index (κ1) is 14.1. The second-order valence-corrected chi connectivity index (χ2v) is 5.88. The van der Waals surface area contributed by atoms with Crippen LogP contribution in [0.2, 0.25) is 0 Å². The van der Waals surface area contributed by atoms with Gasteiger partial charge >= 0.3 is 6.18 Å². The molecule has 0 amide bonds. The van der Waals surface area contributed by atoms with Crippen molar-refractivity contribution in [3.05, 3.63) is 77.4 Å². The summed E-state index contributed by atoms with van der Waals surface area (Å²) in [6.45, 7) is 0. The van der Waals surface area contributed by atoms with Crippen molar-refractivity contribution in [2.45, 2.75) is 18.6 Å². The maximum absolute atomic E-state index is 12.7. The highest BCUT2D eigenvalue weighted by molar-refractivity contribution is 5.88. The lowest BCUT2D eigenvalue weighted by Gasteiger charge is -2.13. The fourth-order valence-electron chi connectivity index (χ4n) is 3.15. The van der Waals surface area contributed by atoms with Crippen LogP contribution in [0.3, 0.4) is 0 Å². The molecule has 4 heteroatoms. The summed E-state index contributed by atoms with van der Waals surface area (Å²) in [5.74, 6) is 0. The van der Waals surface area contributed by atoms with Crippen molar-refractivity contribution in [3.8, 4) is 0 Å². The Morgan fingerprint density at radius 2 is 1.52 bits per heavy atom. The maximum atomic E-state index is 12.7. The molecule has 0 saturated carbocycles. The predicted molar refractivity (Wildman–Crippen MR) is 85.5 cm³/mol. The molecular formula is C19H14F3N. The molecule has 0 spiro atoms. The molecule has 3 aromatic rings. The maximum Gasteiger partial charge on any atom is 0.416 e. The van der Waals surface area contributed by atoms with Gasteiger partial charge < -0.3 is 5.32 Å². The van der Waals surface area contributed by atoms with Crippen LogP contribution < -0.4 is 5.32 Å². The SMILES string of the molecule is FC(F)(F)c1ccc(C2Cc3cc4ccccc4cc3N2)cc1. The van der Waals surface area contributed by atoms with Gasteiger partial charge in [-0.15, -0.1) is 0 Å². The number of hydrogen-bond donors (Lipinski definition) is 1. The highest BCUT2D eigenvalue weighted by Gasteiger charge is 2.30. The molecule has 1 aliphatic heterocycles. The first-order valence-electron chi connectivity index (χ1n) is 7.46. The van der Waals surface area contributed by atoms with Crippen molar-refractivity contribution in [2.75, 3.05) is 5.32 Å².